The van der Waals surface area contributed by atoms with Crippen LogP contribution in [-0.4, -0.2) is 9.78 Å². The topological polar surface area (TPSA) is 37.8 Å². The summed E-state index contributed by atoms with van der Waals surface area (Å²) in [6.45, 7) is 10.6. The second-order valence-electron chi connectivity index (χ2n) is 5.54. The van der Waals surface area contributed by atoms with E-state index in [0.717, 1.165) is 36.9 Å². The predicted molar refractivity (Wildman–Crippen MR) is 72.6 cm³/mol. The van der Waals surface area contributed by atoms with Gasteiger partial charge in [0.25, 0.3) is 5.56 Å². The molecular weight excluding hydrogens is 212 g/mol. The van der Waals surface area contributed by atoms with Crippen LogP contribution in [0.1, 0.15) is 64.8 Å². The molecule has 0 spiro atoms. The summed E-state index contributed by atoms with van der Waals surface area (Å²) in [5, 5.41) is 3.29. The summed E-state index contributed by atoms with van der Waals surface area (Å²) < 4.78 is 1.77. The third-order valence-corrected chi connectivity index (χ3v) is 3.01. The van der Waals surface area contributed by atoms with E-state index in [0.29, 0.717) is 5.92 Å². The molecular formula is C14H26N2O. The number of aromatic amines is 1. The van der Waals surface area contributed by atoms with E-state index in [1.54, 1.807) is 4.68 Å². The molecule has 0 unspecified atom stereocenters. The fourth-order valence-corrected chi connectivity index (χ4v) is 2.08. The molecule has 0 aliphatic heterocycles. The summed E-state index contributed by atoms with van der Waals surface area (Å²) in [5.74, 6) is 0.527. The van der Waals surface area contributed by atoms with Gasteiger partial charge in [-0.3, -0.25) is 14.6 Å². The summed E-state index contributed by atoms with van der Waals surface area (Å²) in [6.07, 6.45) is 4.18. The summed E-state index contributed by atoms with van der Waals surface area (Å²) in [4.78, 5) is 12.3. The first kappa shape index (κ1) is 14.1. The van der Waals surface area contributed by atoms with Gasteiger partial charge in [0.05, 0.1) is 0 Å². The van der Waals surface area contributed by atoms with Crippen LogP contribution in [0, 0.1) is 5.92 Å². The normalized spacial score (nSPS) is 11.7. The highest BCUT2D eigenvalue weighted by atomic mass is 16.1. The van der Waals surface area contributed by atoms with E-state index >= 15 is 0 Å². The molecule has 0 aromatic carbocycles. The molecule has 0 radical (unpaired) electrons. The Labute approximate surface area is 104 Å². The maximum absolute atomic E-state index is 12.3. The second-order valence-corrected chi connectivity index (χ2v) is 5.54. The lowest BCUT2D eigenvalue weighted by Gasteiger charge is -2.04. The first-order valence-electron chi connectivity index (χ1n) is 6.79. The average molecular weight is 238 g/mol. The minimum atomic E-state index is 0.180. The van der Waals surface area contributed by atoms with Crippen LogP contribution >= 0.6 is 0 Å². The van der Waals surface area contributed by atoms with Gasteiger partial charge in [0.2, 0.25) is 0 Å². The van der Waals surface area contributed by atoms with Crippen molar-refractivity contribution in [2.24, 2.45) is 5.92 Å². The van der Waals surface area contributed by atoms with Crippen LogP contribution in [0.15, 0.2) is 4.79 Å². The molecule has 0 atom stereocenters. The van der Waals surface area contributed by atoms with Crippen LogP contribution in [-0.2, 0) is 12.8 Å². The van der Waals surface area contributed by atoms with Crippen molar-refractivity contribution < 1.29 is 0 Å². The third-order valence-electron chi connectivity index (χ3n) is 3.01. The van der Waals surface area contributed by atoms with E-state index in [2.05, 4.69) is 25.9 Å². The third kappa shape index (κ3) is 3.48. The number of aromatic nitrogens is 2. The fourth-order valence-electron chi connectivity index (χ4n) is 2.08. The van der Waals surface area contributed by atoms with Gasteiger partial charge in [0, 0.05) is 17.3 Å². The zero-order valence-electron chi connectivity index (χ0n) is 11.8. The van der Waals surface area contributed by atoms with Gasteiger partial charge in [-0.1, -0.05) is 27.2 Å². The molecule has 3 heteroatoms. The minimum absolute atomic E-state index is 0.180. The molecule has 0 saturated carbocycles. The van der Waals surface area contributed by atoms with Gasteiger partial charge in [0.15, 0.2) is 0 Å². The lowest BCUT2D eigenvalue weighted by molar-refractivity contribution is 0.509. The number of H-pyrrole nitrogens is 1. The number of unbranched alkanes of at least 4 members (excludes halogenated alkanes) is 1. The zero-order valence-corrected chi connectivity index (χ0v) is 11.8. The minimum Gasteiger partial charge on any atom is -0.299 e. The van der Waals surface area contributed by atoms with Crippen molar-refractivity contribution in [1.29, 1.82) is 0 Å². The van der Waals surface area contributed by atoms with Gasteiger partial charge >= 0.3 is 0 Å². The van der Waals surface area contributed by atoms with Crippen molar-refractivity contribution in [3.8, 4) is 0 Å². The smallest absolute Gasteiger partial charge is 0.270 e. The highest BCUT2D eigenvalue weighted by Gasteiger charge is 2.16. The first-order chi connectivity index (χ1) is 7.97. The average Bonchev–Trinajstić information content (AvgIpc) is 2.53. The number of aryl methyl sites for hydroxylation is 1. The van der Waals surface area contributed by atoms with Gasteiger partial charge in [-0.25, -0.2) is 0 Å². The summed E-state index contributed by atoms with van der Waals surface area (Å²) >= 11 is 0. The number of nitrogens with one attached hydrogen (secondary N) is 1. The van der Waals surface area contributed by atoms with Crippen molar-refractivity contribution in [3.05, 3.63) is 21.6 Å². The molecule has 0 aliphatic rings. The molecule has 0 saturated heterocycles. The van der Waals surface area contributed by atoms with Crippen molar-refractivity contribution >= 4 is 0 Å². The Bertz CT molecular complexity index is 399. The van der Waals surface area contributed by atoms with Crippen LogP contribution in [0.3, 0.4) is 0 Å². The standard InChI is InChI=1S/C14H26N2O/c1-6-7-8-13-12(9-10(2)3)14(17)16(15-13)11(4)5/h10-11,15H,6-9H2,1-5H3. The summed E-state index contributed by atoms with van der Waals surface area (Å²) in [5.41, 5.74) is 2.33. The molecule has 1 aromatic heterocycles. The lowest BCUT2D eigenvalue weighted by atomic mass is 10.0. The number of hydrogen-bond acceptors (Lipinski definition) is 1. The molecule has 0 bridgehead atoms. The van der Waals surface area contributed by atoms with Crippen LogP contribution in [0.2, 0.25) is 0 Å². The predicted octanol–water partition coefficient (Wildman–Crippen LogP) is 3.30. The molecule has 0 fully saturated rings. The Hall–Kier alpha value is -0.990. The van der Waals surface area contributed by atoms with E-state index in [-0.39, 0.29) is 11.6 Å². The molecule has 1 rings (SSSR count). The SMILES string of the molecule is CCCCc1[nH]n(C(C)C)c(=O)c1CC(C)C. The largest absolute Gasteiger partial charge is 0.299 e. The maximum atomic E-state index is 12.3. The van der Waals surface area contributed by atoms with Gasteiger partial charge in [-0.2, -0.15) is 0 Å². The highest BCUT2D eigenvalue weighted by Crippen LogP contribution is 2.13. The summed E-state index contributed by atoms with van der Waals surface area (Å²) in [7, 11) is 0. The van der Waals surface area contributed by atoms with Gasteiger partial charge in [-0.15, -0.1) is 0 Å². The Morgan fingerprint density at radius 3 is 2.35 bits per heavy atom. The van der Waals surface area contributed by atoms with Crippen molar-refractivity contribution in [1.82, 2.24) is 9.78 Å². The van der Waals surface area contributed by atoms with Crippen LogP contribution < -0.4 is 5.56 Å². The van der Waals surface area contributed by atoms with Crippen molar-refractivity contribution in [3.63, 3.8) is 0 Å². The van der Waals surface area contributed by atoms with Gasteiger partial charge < -0.3 is 0 Å². The van der Waals surface area contributed by atoms with Crippen LogP contribution in [0.5, 0.6) is 0 Å². The fraction of sp³-hybridized carbons (Fsp3) is 0.786. The van der Waals surface area contributed by atoms with Crippen LogP contribution in [0.25, 0.3) is 0 Å². The number of nitrogens with zero attached hydrogens (tertiary/aromatic N) is 1. The molecule has 0 amide bonds. The van der Waals surface area contributed by atoms with E-state index < -0.39 is 0 Å². The quantitative estimate of drug-likeness (QED) is 0.811. The molecule has 98 valence electrons. The highest BCUT2D eigenvalue weighted by molar-refractivity contribution is 5.18. The van der Waals surface area contributed by atoms with Gasteiger partial charge in [0.1, 0.15) is 0 Å². The molecule has 1 N–H and O–H groups in total. The first-order valence-corrected chi connectivity index (χ1v) is 6.79. The summed E-state index contributed by atoms with van der Waals surface area (Å²) in [6, 6.07) is 0.212. The monoisotopic (exact) mass is 238 g/mol. The Balaban J connectivity index is 3.08. The molecule has 1 heterocycles. The number of rotatable bonds is 6. The Morgan fingerprint density at radius 1 is 1.24 bits per heavy atom. The molecule has 1 aromatic rings. The van der Waals surface area contributed by atoms with Crippen molar-refractivity contribution in [2.45, 2.75) is 66.3 Å². The Morgan fingerprint density at radius 2 is 1.88 bits per heavy atom. The molecule has 17 heavy (non-hydrogen) atoms. The van der Waals surface area contributed by atoms with Crippen molar-refractivity contribution in [2.75, 3.05) is 0 Å². The van der Waals surface area contributed by atoms with E-state index in [9.17, 15) is 4.79 Å². The maximum Gasteiger partial charge on any atom is 0.270 e. The van der Waals surface area contributed by atoms with Crippen LogP contribution in [0.4, 0.5) is 0 Å². The van der Waals surface area contributed by atoms with E-state index in [1.165, 1.54) is 0 Å². The zero-order chi connectivity index (χ0) is 13.0. The molecule has 0 aliphatic carbocycles. The second kappa shape index (κ2) is 6.08. The van der Waals surface area contributed by atoms with Gasteiger partial charge in [-0.05, 0) is 39.0 Å². The number of hydrogen-bond donors (Lipinski definition) is 1. The van der Waals surface area contributed by atoms with E-state index in [1.807, 2.05) is 13.8 Å². The molecule has 3 nitrogen and oxygen atoms in total. The van der Waals surface area contributed by atoms with E-state index in [4.69, 9.17) is 0 Å². The lowest BCUT2D eigenvalue weighted by Crippen LogP contribution is -2.21. The Kier molecular flexibility index (Phi) is 5.03.